The minimum atomic E-state index is -0.662. The molecule has 0 saturated carbocycles. The second kappa shape index (κ2) is 6.46. The van der Waals surface area contributed by atoms with Crippen molar-refractivity contribution < 1.29 is 14.5 Å². The van der Waals surface area contributed by atoms with Gasteiger partial charge in [0.05, 0.1) is 12.2 Å². The van der Waals surface area contributed by atoms with E-state index in [0.29, 0.717) is 12.2 Å². The number of nitrogens with one attached hydrogen (secondary N) is 1. The highest BCUT2D eigenvalue weighted by atomic mass is 16.6. The van der Waals surface area contributed by atoms with Crippen LogP contribution in [0.4, 0.5) is 11.6 Å². The molecule has 0 fully saturated rings. The SMILES string of the molecule is CCOC(=O)c1ccc(NCn2cnc([N+](=O)[O-])n2)cc1. The van der Waals surface area contributed by atoms with Gasteiger partial charge in [-0.15, -0.1) is 0 Å². The van der Waals surface area contributed by atoms with E-state index in [4.69, 9.17) is 4.74 Å². The lowest BCUT2D eigenvalue weighted by Gasteiger charge is -2.05. The molecule has 9 heteroatoms. The van der Waals surface area contributed by atoms with Crippen molar-refractivity contribution in [3.05, 3.63) is 46.3 Å². The summed E-state index contributed by atoms with van der Waals surface area (Å²) >= 11 is 0. The maximum absolute atomic E-state index is 11.5. The Morgan fingerprint density at radius 1 is 1.43 bits per heavy atom. The summed E-state index contributed by atoms with van der Waals surface area (Å²) in [6.07, 6.45) is 1.26. The van der Waals surface area contributed by atoms with Crippen molar-refractivity contribution in [1.29, 1.82) is 0 Å². The van der Waals surface area contributed by atoms with E-state index < -0.39 is 10.9 Å². The second-order valence-corrected chi connectivity index (χ2v) is 3.97. The van der Waals surface area contributed by atoms with Crippen LogP contribution in [-0.2, 0) is 11.4 Å². The number of nitrogens with zero attached hydrogens (tertiary/aromatic N) is 4. The Kier molecular flexibility index (Phi) is 4.44. The van der Waals surface area contributed by atoms with E-state index in [2.05, 4.69) is 15.4 Å². The van der Waals surface area contributed by atoms with E-state index in [1.165, 1.54) is 11.0 Å². The highest BCUT2D eigenvalue weighted by Gasteiger charge is 2.12. The number of aromatic nitrogens is 3. The monoisotopic (exact) mass is 291 g/mol. The van der Waals surface area contributed by atoms with Crippen LogP contribution in [-0.4, -0.2) is 32.3 Å². The predicted molar refractivity (Wildman–Crippen MR) is 72.7 cm³/mol. The van der Waals surface area contributed by atoms with Gasteiger partial charge in [0, 0.05) is 10.8 Å². The van der Waals surface area contributed by atoms with Crippen LogP contribution in [0.5, 0.6) is 0 Å². The Balaban J connectivity index is 1.94. The molecule has 0 spiro atoms. The smallest absolute Gasteiger partial charge is 0.462 e. The fourth-order valence-corrected chi connectivity index (χ4v) is 1.56. The van der Waals surface area contributed by atoms with Crippen molar-refractivity contribution >= 4 is 17.6 Å². The van der Waals surface area contributed by atoms with Crippen molar-refractivity contribution in [1.82, 2.24) is 14.8 Å². The third-order valence-corrected chi connectivity index (χ3v) is 2.53. The summed E-state index contributed by atoms with van der Waals surface area (Å²) in [6.45, 7) is 2.29. The molecule has 0 aliphatic heterocycles. The zero-order chi connectivity index (χ0) is 15.2. The van der Waals surface area contributed by atoms with Crippen molar-refractivity contribution in [3.63, 3.8) is 0 Å². The van der Waals surface area contributed by atoms with E-state index in [9.17, 15) is 14.9 Å². The van der Waals surface area contributed by atoms with Crippen LogP contribution in [0.1, 0.15) is 17.3 Å². The van der Waals surface area contributed by atoms with Gasteiger partial charge in [-0.05, 0) is 36.1 Å². The molecule has 2 aromatic rings. The third kappa shape index (κ3) is 3.75. The van der Waals surface area contributed by atoms with Gasteiger partial charge in [-0.25, -0.2) is 4.79 Å². The number of carbonyl (C=O) groups excluding carboxylic acids is 1. The Hall–Kier alpha value is -2.97. The van der Waals surface area contributed by atoms with Gasteiger partial charge in [0.1, 0.15) is 6.67 Å². The van der Waals surface area contributed by atoms with Gasteiger partial charge in [-0.1, -0.05) is 4.98 Å². The molecule has 0 aliphatic rings. The summed E-state index contributed by atoms with van der Waals surface area (Å²) in [4.78, 5) is 24.8. The number of esters is 1. The van der Waals surface area contributed by atoms with Crippen LogP contribution in [0.3, 0.4) is 0 Å². The summed E-state index contributed by atoms with van der Waals surface area (Å²) in [5.74, 6) is -0.828. The van der Waals surface area contributed by atoms with Gasteiger partial charge in [0.15, 0.2) is 0 Å². The fraction of sp³-hybridized carbons (Fsp3) is 0.250. The molecule has 0 aliphatic carbocycles. The van der Waals surface area contributed by atoms with E-state index in [0.717, 1.165) is 5.69 Å². The Bertz CT molecular complexity index is 637. The van der Waals surface area contributed by atoms with Crippen LogP contribution in [0.25, 0.3) is 0 Å². The highest BCUT2D eigenvalue weighted by molar-refractivity contribution is 5.89. The highest BCUT2D eigenvalue weighted by Crippen LogP contribution is 2.11. The first-order valence-electron chi connectivity index (χ1n) is 6.15. The van der Waals surface area contributed by atoms with Crippen molar-refractivity contribution in [2.24, 2.45) is 0 Å². The molecule has 2 rings (SSSR count). The number of benzene rings is 1. The molecular formula is C12H13N5O4. The molecule has 0 radical (unpaired) electrons. The summed E-state index contributed by atoms with van der Waals surface area (Å²) in [6, 6.07) is 6.67. The topological polar surface area (TPSA) is 112 Å². The molecule has 0 atom stereocenters. The summed E-state index contributed by atoms with van der Waals surface area (Å²) in [5.41, 5.74) is 1.19. The lowest BCUT2D eigenvalue weighted by Crippen LogP contribution is -2.09. The van der Waals surface area contributed by atoms with Crippen LogP contribution < -0.4 is 5.32 Å². The first-order chi connectivity index (χ1) is 10.1. The van der Waals surface area contributed by atoms with Gasteiger partial charge < -0.3 is 20.2 Å². The number of carbonyl (C=O) groups is 1. The Morgan fingerprint density at radius 3 is 2.71 bits per heavy atom. The standard InChI is InChI=1S/C12H13N5O4/c1-2-21-11(18)9-3-5-10(6-4-9)13-7-16-8-14-12(15-16)17(19)20/h3-6,8,13H,2,7H2,1H3. The quantitative estimate of drug-likeness (QED) is 0.486. The normalized spacial score (nSPS) is 10.1. The maximum Gasteiger partial charge on any atom is 0.491 e. The van der Waals surface area contributed by atoms with Crippen molar-refractivity contribution in [2.75, 3.05) is 11.9 Å². The average Bonchev–Trinajstić information content (AvgIpc) is 2.95. The molecular weight excluding hydrogens is 278 g/mol. The second-order valence-electron chi connectivity index (χ2n) is 3.97. The van der Waals surface area contributed by atoms with Gasteiger partial charge >= 0.3 is 11.9 Å². The molecule has 1 aromatic carbocycles. The molecule has 110 valence electrons. The zero-order valence-electron chi connectivity index (χ0n) is 11.2. The first kappa shape index (κ1) is 14.4. The number of nitro groups is 1. The van der Waals surface area contributed by atoms with Crippen LogP contribution in [0.2, 0.25) is 0 Å². The summed E-state index contributed by atoms with van der Waals surface area (Å²) < 4.78 is 6.18. The van der Waals surface area contributed by atoms with Gasteiger partial charge in [-0.2, -0.15) is 4.68 Å². The number of anilines is 1. The third-order valence-electron chi connectivity index (χ3n) is 2.53. The Labute approximate surface area is 119 Å². The molecule has 0 saturated heterocycles. The molecule has 0 bridgehead atoms. The van der Waals surface area contributed by atoms with Gasteiger partial charge in [-0.3, -0.25) is 0 Å². The van der Waals surface area contributed by atoms with Gasteiger partial charge in [0.2, 0.25) is 6.33 Å². The molecule has 9 nitrogen and oxygen atoms in total. The van der Waals surface area contributed by atoms with E-state index >= 15 is 0 Å². The van der Waals surface area contributed by atoms with Gasteiger partial charge in [0.25, 0.3) is 0 Å². The van der Waals surface area contributed by atoms with E-state index in [1.807, 2.05) is 0 Å². The molecule has 1 aromatic heterocycles. The summed E-state index contributed by atoms with van der Waals surface area (Å²) in [5, 5.41) is 17.1. The minimum absolute atomic E-state index is 0.222. The molecule has 0 unspecified atom stereocenters. The summed E-state index contributed by atoms with van der Waals surface area (Å²) in [7, 11) is 0. The zero-order valence-corrected chi connectivity index (χ0v) is 11.2. The van der Waals surface area contributed by atoms with Crippen LogP contribution >= 0.6 is 0 Å². The number of hydrogen-bond acceptors (Lipinski definition) is 7. The van der Waals surface area contributed by atoms with Crippen molar-refractivity contribution in [3.8, 4) is 0 Å². The Morgan fingerprint density at radius 2 is 2.14 bits per heavy atom. The van der Waals surface area contributed by atoms with E-state index in [-0.39, 0.29) is 12.6 Å². The van der Waals surface area contributed by atoms with Crippen LogP contribution in [0.15, 0.2) is 30.6 Å². The van der Waals surface area contributed by atoms with Crippen molar-refractivity contribution in [2.45, 2.75) is 13.6 Å². The molecule has 0 amide bonds. The van der Waals surface area contributed by atoms with Crippen LogP contribution in [0, 0.1) is 10.1 Å². The average molecular weight is 291 g/mol. The number of rotatable bonds is 6. The van der Waals surface area contributed by atoms with E-state index in [1.54, 1.807) is 31.2 Å². The molecule has 1 heterocycles. The predicted octanol–water partition coefficient (Wildman–Crippen LogP) is 1.43. The largest absolute Gasteiger partial charge is 0.491 e. The fourth-order valence-electron chi connectivity index (χ4n) is 1.56. The minimum Gasteiger partial charge on any atom is -0.462 e. The number of ether oxygens (including phenoxy) is 1. The first-order valence-corrected chi connectivity index (χ1v) is 6.15. The molecule has 21 heavy (non-hydrogen) atoms. The lowest BCUT2D eigenvalue weighted by molar-refractivity contribution is -0.394. The maximum atomic E-state index is 11.5. The lowest BCUT2D eigenvalue weighted by atomic mass is 10.2. The molecule has 1 N–H and O–H groups in total. The number of hydrogen-bond donors (Lipinski definition) is 1.